The molecule has 0 radical (unpaired) electrons. The number of nitrogens with one attached hydrogen (secondary N) is 1. The highest BCUT2D eigenvalue weighted by atomic mass is 16.3. The molecule has 0 bridgehead atoms. The SMILES string of the molecule is c1ccc(-n2c3ccccc3c3ccc(-c4ccc(Nc5ccc6c(c5)oc5ccccc56)cc4)cc32)cc1. The zero-order chi connectivity index (χ0) is 25.8. The van der Waals surface area contributed by atoms with Gasteiger partial charge in [0.15, 0.2) is 0 Å². The van der Waals surface area contributed by atoms with Gasteiger partial charge in [0.05, 0.1) is 11.0 Å². The van der Waals surface area contributed by atoms with Crippen LogP contribution in [-0.2, 0) is 0 Å². The molecular formula is C36H24N2O. The predicted octanol–water partition coefficient (Wildman–Crippen LogP) is 10.1. The van der Waals surface area contributed by atoms with E-state index < -0.39 is 0 Å². The minimum absolute atomic E-state index is 0.889. The van der Waals surface area contributed by atoms with Crippen LogP contribution < -0.4 is 5.32 Å². The second-order valence-electron chi connectivity index (χ2n) is 9.93. The van der Waals surface area contributed by atoms with Crippen LogP contribution in [-0.4, -0.2) is 4.57 Å². The molecule has 39 heavy (non-hydrogen) atoms. The topological polar surface area (TPSA) is 30.1 Å². The maximum atomic E-state index is 6.06. The average molecular weight is 501 g/mol. The van der Waals surface area contributed by atoms with E-state index in [0.717, 1.165) is 33.3 Å². The number of anilines is 2. The lowest BCUT2D eigenvalue weighted by atomic mass is 10.0. The van der Waals surface area contributed by atoms with E-state index in [2.05, 4.69) is 131 Å². The summed E-state index contributed by atoms with van der Waals surface area (Å²) in [5.41, 5.74) is 9.81. The Hall–Kier alpha value is -5.28. The Balaban J connectivity index is 1.15. The summed E-state index contributed by atoms with van der Waals surface area (Å²) < 4.78 is 8.42. The minimum Gasteiger partial charge on any atom is -0.456 e. The minimum atomic E-state index is 0.889. The lowest BCUT2D eigenvalue weighted by Crippen LogP contribution is -1.93. The first-order chi connectivity index (χ1) is 19.3. The molecule has 0 amide bonds. The molecule has 3 nitrogen and oxygen atoms in total. The first-order valence-electron chi connectivity index (χ1n) is 13.2. The molecule has 0 atom stereocenters. The van der Waals surface area contributed by atoms with Crippen molar-refractivity contribution < 1.29 is 4.42 Å². The molecule has 0 saturated carbocycles. The van der Waals surface area contributed by atoms with Crippen LogP contribution in [0.2, 0.25) is 0 Å². The molecule has 8 rings (SSSR count). The van der Waals surface area contributed by atoms with Crippen molar-refractivity contribution >= 4 is 55.1 Å². The summed E-state index contributed by atoms with van der Waals surface area (Å²) >= 11 is 0. The number of hydrogen-bond acceptors (Lipinski definition) is 2. The Labute approximate surface area is 225 Å². The van der Waals surface area contributed by atoms with Gasteiger partial charge in [0.2, 0.25) is 0 Å². The Morgan fingerprint density at radius 3 is 1.95 bits per heavy atom. The third-order valence-corrected chi connectivity index (χ3v) is 7.57. The standard InChI is InChI=1S/C36H24N2O/c1-2-8-28(9-3-1)38-33-12-6-4-10-29(33)30-20-16-25(22-34(30)38)24-14-17-26(18-15-24)37-27-19-21-32-31-11-5-7-13-35(31)39-36(32)23-27/h1-23,37H. The first-order valence-corrected chi connectivity index (χ1v) is 13.2. The monoisotopic (exact) mass is 500 g/mol. The zero-order valence-electron chi connectivity index (χ0n) is 21.1. The molecular weight excluding hydrogens is 476 g/mol. The van der Waals surface area contributed by atoms with Gasteiger partial charge in [-0.25, -0.2) is 0 Å². The Bertz CT molecular complexity index is 2130. The highest BCUT2D eigenvalue weighted by molar-refractivity contribution is 6.10. The van der Waals surface area contributed by atoms with Crippen molar-refractivity contribution in [2.75, 3.05) is 5.32 Å². The summed E-state index contributed by atoms with van der Waals surface area (Å²) in [6.45, 7) is 0. The number of benzene rings is 6. The van der Waals surface area contributed by atoms with E-state index in [4.69, 9.17) is 4.42 Å². The normalized spacial score (nSPS) is 11.6. The molecule has 3 heteroatoms. The van der Waals surface area contributed by atoms with Crippen LogP contribution in [0.5, 0.6) is 0 Å². The molecule has 0 spiro atoms. The maximum absolute atomic E-state index is 6.06. The van der Waals surface area contributed by atoms with Gasteiger partial charge < -0.3 is 14.3 Å². The fourth-order valence-electron chi connectivity index (χ4n) is 5.72. The summed E-state index contributed by atoms with van der Waals surface area (Å²) in [6.07, 6.45) is 0. The summed E-state index contributed by atoms with van der Waals surface area (Å²) in [5, 5.41) is 8.34. The molecule has 0 fully saturated rings. The molecule has 0 aliphatic heterocycles. The van der Waals surface area contributed by atoms with Gasteiger partial charge in [0.1, 0.15) is 11.2 Å². The van der Waals surface area contributed by atoms with E-state index in [-0.39, 0.29) is 0 Å². The van der Waals surface area contributed by atoms with Gasteiger partial charge in [-0.15, -0.1) is 0 Å². The van der Waals surface area contributed by atoms with Crippen molar-refractivity contribution in [2.45, 2.75) is 0 Å². The van der Waals surface area contributed by atoms with Gasteiger partial charge in [-0.1, -0.05) is 78.9 Å². The van der Waals surface area contributed by atoms with Crippen LogP contribution in [0.1, 0.15) is 0 Å². The number of nitrogens with zero attached hydrogens (tertiary/aromatic N) is 1. The van der Waals surface area contributed by atoms with E-state index in [9.17, 15) is 0 Å². The number of rotatable bonds is 4. The Kier molecular flexibility index (Phi) is 4.82. The van der Waals surface area contributed by atoms with E-state index in [1.165, 1.54) is 38.6 Å². The fraction of sp³-hybridized carbons (Fsp3) is 0. The molecule has 2 heterocycles. The lowest BCUT2D eigenvalue weighted by Gasteiger charge is -2.10. The van der Waals surface area contributed by atoms with Crippen molar-refractivity contribution in [3.8, 4) is 16.8 Å². The van der Waals surface area contributed by atoms with Crippen LogP contribution in [0.25, 0.3) is 60.6 Å². The van der Waals surface area contributed by atoms with E-state index in [1.54, 1.807) is 0 Å². The number of fused-ring (bicyclic) bond motifs is 6. The second-order valence-corrected chi connectivity index (χ2v) is 9.93. The highest BCUT2D eigenvalue weighted by Crippen LogP contribution is 2.35. The largest absolute Gasteiger partial charge is 0.456 e. The smallest absolute Gasteiger partial charge is 0.137 e. The molecule has 2 aromatic heterocycles. The van der Waals surface area contributed by atoms with Crippen LogP contribution >= 0.6 is 0 Å². The van der Waals surface area contributed by atoms with E-state index in [0.29, 0.717) is 0 Å². The Morgan fingerprint density at radius 1 is 0.436 bits per heavy atom. The summed E-state index contributed by atoms with van der Waals surface area (Å²) in [7, 11) is 0. The second kappa shape index (κ2) is 8.64. The van der Waals surface area contributed by atoms with Crippen LogP contribution in [0.4, 0.5) is 11.4 Å². The van der Waals surface area contributed by atoms with E-state index in [1.807, 2.05) is 18.2 Å². The lowest BCUT2D eigenvalue weighted by molar-refractivity contribution is 0.669. The number of para-hydroxylation sites is 3. The Morgan fingerprint density at radius 2 is 1.08 bits per heavy atom. The van der Waals surface area contributed by atoms with Crippen LogP contribution in [0, 0.1) is 0 Å². The maximum Gasteiger partial charge on any atom is 0.137 e. The molecule has 6 aromatic carbocycles. The first kappa shape index (κ1) is 21.8. The van der Waals surface area contributed by atoms with Gasteiger partial charge in [0.25, 0.3) is 0 Å². The molecule has 0 unspecified atom stereocenters. The molecule has 0 aliphatic carbocycles. The third kappa shape index (κ3) is 3.59. The van der Waals surface area contributed by atoms with Crippen molar-refractivity contribution in [3.63, 3.8) is 0 Å². The number of furan rings is 1. The average Bonchev–Trinajstić information content (AvgIpc) is 3.53. The van der Waals surface area contributed by atoms with Crippen molar-refractivity contribution in [2.24, 2.45) is 0 Å². The highest BCUT2D eigenvalue weighted by Gasteiger charge is 2.13. The molecule has 0 saturated heterocycles. The van der Waals surface area contributed by atoms with Gasteiger partial charge in [-0.3, -0.25) is 0 Å². The molecule has 0 aliphatic rings. The molecule has 8 aromatic rings. The zero-order valence-corrected chi connectivity index (χ0v) is 21.1. The summed E-state index contributed by atoms with van der Waals surface area (Å²) in [6, 6.07) is 49.1. The van der Waals surface area contributed by atoms with Gasteiger partial charge >= 0.3 is 0 Å². The molecule has 1 N–H and O–H groups in total. The summed E-state index contributed by atoms with van der Waals surface area (Å²) in [4.78, 5) is 0. The van der Waals surface area contributed by atoms with Crippen molar-refractivity contribution in [1.82, 2.24) is 4.57 Å². The molecule has 184 valence electrons. The van der Waals surface area contributed by atoms with Crippen molar-refractivity contribution in [3.05, 3.63) is 140 Å². The third-order valence-electron chi connectivity index (χ3n) is 7.57. The number of hydrogen-bond donors (Lipinski definition) is 1. The van der Waals surface area contributed by atoms with Crippen LogP contribution in [0.3, 0.4) is 0 Å². The number of aromatic nitrogens is 1. The summed E-state index contributed by atoms with van der Waals surface area (Å²) in [5.74, 6) is 0. The van der Waals surface area contributed by atoms with Gasteiger partial charge in [0, 0.05) is 44.7 Å². The van der Waals surface area contributed by atoms with Crippen LogP contribution in [0.15, 0.2) is 144 Å². The van der Waals surface area contributed by atoms with Gasteiger partial charge in [-0.05, 0) is 65.7 Å². The quantitative estimate of drug-likeness (QED) is 0.260. The van der Waals surface area contributed by atoms with Gasteiger partial charge in [-0.2, -0.15) is 0 Å². The predicted molar refractivity (Wildman–Crippen MR) is 163 cm³/mol. The fourth-order valence-corrected chi connectivity index (χ4v) is 5.72. The van der Waals surface area contributed by atoms with E-state index >= 15 is 0 Å². The van der Waals surface area contributed by atoms with Crippen molar-refractivity contribution in [1.29, 1.82) is 0 Å².